The highest BCUT2D eigenvalue weighted by atomic mass is 16.5. The summed E-state index contributed by atoms with van der Waals surface area (Å²) in [5, 5.41) is 3.66. The molecule has 2 rings (SSSR count). The first kappa shape index (κ1) is 13.6. The van der Waals surface area contributed by atoms with Crippen LogP contribution in [0, 0.1) is 5.92 Å². The third-order valence-corrected chi connectivity index (χ3v) is 3.76. The molecule has 1 fully saturated rings. The van der Waals surface area contributed by atoms with Gasteiger partial charge in [0.25, 0.3) is 0 Å². The number of methoxy groups -OCH3 is 1. The summed E-state index contributed by atoms with van der Waals surface area (Å²) in [6, 6.07) is 9.53. The van der Waals surface area contributed by atoms with Gasteiger partial charge >= 0.3 is 0 Å². The van der Waals surface area contributed by atoms with Gasteiger partial charge in [-0.2, -0.15) is 0 Å². The van der Waals surface area contributed by atoms with E-state index in [1.165, 1.54) is 24.0 Å². The minimum Gasteiger partial charge on any atom is -0.380 e. The van der Waals surface area contributed by atoms with Crippen molar-refractivity contribution >= 4 is 0 Å². The second kappa shape index (κ2) is 6.35. The van der Waals surface area contributed by atoms with Gasteiger partial charge in [-0.1, -0.05) is 38.1 Å². The maximum absolute atomic E-state index is 5.22. The van der Waals surface area contributed by atoms with E-state index < -0.39 is 0 Å². The van der Waals surface area contributed by atoms with Crippen LogP contribution in [0.1, 0.15) is 43.7 Å². The molecule has 2 nitrogen and oxygen atoms in total. The Morgan fingerprint density at radius 1 is 1.39 bits per heavy atom. The Hall–Kier alpha value is -0.860. The average molecular weight is 247 g/mol. The fraction of sp³-hybridized carbons (Fsp3) is 0.625. The van der Waals surface area contributed by atoms with Crippen LogP contribution < -0.4 is 5.32 Å². The van der Waals surface area contributed by atoms with Gasteiger partial charge in [0.2, 0.25) is 0 Å². The molecule has 1 N–H and O–H groups in total. The van der Waals surface area contributed by atoms with Crippen LogP contribution in [-0.2, 0) is 11.3 Å². The predicted octanol–water partition coefficient (Wildman–Crippen LogP) is 3.32. The molecule has 0 aliphatic carbocycles. The summed E-state index contributed by atoms with van der Waals surface area (Å²) in [5.74, 6) is 1.43. The largest absolute Gasteiger partial charge is 0.380 e. The first-order valence-electron chi connectivity index (χ1n) is 7.02. The van der Waals surface area contributed by atoms with Gasteiger partial charge in [0, 0.05) is 19.1 Å². The first-order chi connectivity index (χ1) is 8.70. The molecule has 1 saturated heterocycles. The number of rotatable bonds is 5. The third-order valence-electron chi connectivity index (χ3n) is 3.76. The summed E-state index contributed by atoms with van der Waals surface area (Å²) in [4.78, 5) is 0. The first-order valence-corrected chi connectivity index (χ1v) is 7.02. The molecule has 0 spiro atoms. The molecule has 2 unspecified atom stereocenters. The van der Waals surface area contributed by atoms with E-state index in [9.17, 15) is 0 Å². The van der Waals surface area contributed by atoms with E-state index in [4.69, 9.17) is 4.74 Å². The molecule has 18 heavy (non-hydrogen) atoms. The summed E-state index contributed by atoms with van der Waals surface area (Å²) >= 11 is 0. The summed E-state index contributed by atoms with van der Waals surface area (Å²) in [5.41, 5.74) is 2.75. The fourth-order valence-corrected chi connectivity index (χ4v) is 3.00. The molecule has 0 aromatic heterocycles. The van der Waals surface area contributed by atoms with Crippen molar-refractivity contribution in [1.82, 2.24) is 5.32 Å². The van der Waals surface area contributed by atoms with Gasteiger partial charge < -0.3 is 10.1 Å². The third kappa shape index (κ3) is 3.33. The Balaban J connectivity index is 2.11. The lowest BCUT2D eigenvalue weighted by Gasteiger charge is -2.22. The second-order valence-corrected chi connectivity index (χ2v) is 5.76. The van der Waals surface area contributed by atoms with Crippen molar-refractivity contribution in [2.45, 2.75) is 45.3 Å². The van der Waals surface area contributed by atoms with Crippen molar-refractivity contribution in [1.29, 1.82) is 0 Å². The van der Waals surface area contributed by atoms with E-state index in [1.54, 1.807) is 7.11 Å². The monoisotopic (exact) mass is 247 g/mol. The topological polar surface area (TPSA) is 21.3 Å². The van der Waals surface area contributed by atoms with E-state index in [-0.39, 0.29) is 0 Å². The molecule has 2 atom stereocenters. The van der Waals surface area contributed by atoms with Gasteiger partial charge in [0.15, 0.2) is 0 Å². The highest BCUT2D eigenvalue weighted by molar-refractivity contribution is 5.28. The highest BCUT2D eigenvalue weighted by Crippen LogP contribution is 2.31. The summed E-state index contributed by atoms with van der Waals surface area (Å²) in [6.07, 6.45) is 2.52. The Labute approximate surface area is 111 Å². The van der Waals surface area contributed by atoms with Crippen LogP contribution in [-0.4, -0.2) is 19.7 Å². The van der Waals surface area contributed by atoms with Crippen LogP contribution in [0.2, 0.25) is 0 Å². The van der Waals surface area contributed by atoms with Gasteiger partial charge in [-0.25, -0.2) is 0 Å². The number of nitrogens with one attached hydrogen (secondary N) is 1. The van der Waals surface area contributed by atoms with E-state index in [2.05, 4.69) is 43.4 Å². The van der Waals surface area contributed by atoms with Crippen molar-refractivity contribution in [3.05, 3.63) is 35.4 Å². The van der Waals surface area contributed by atoms with Crippen molar-refractivity contribution in [3.8, 4) is 0 Å². The van der Waals surface area contributed by atoms with Crippen LogP contribution in [0.3, 0.4) is 0 Å². The SMILES string of the molecule is COCc1cccc(C2CCNC2CC(C)C)c1. The molecule has 1 aromatic rings. The van der Waals surface area contributed by atoms with Gasteiger partial charge in [-0.05, 0) is 36.4 Å². The van der Waals surface area contributed by atoms with Gasteiger partial charge in [0.05, 0.1) is 6.61 Å². The molecular weight excluding hydrogens is 222 g/mol. The van der Waals surface area contributed by atoms with Crippen molar-refractivity contribution in [3.63, 3.8) is 0 Å². The minimum atomic E-state index is 0.641. The van der Waals surface area contributed by atoms with Gasteiger partial charge in [-0.15, -0.1) is 0 Å². The van der Waals surface area contributed by atoms with Crippen LogP contribution in [0.5, 0.6) is 0 Å². The van der Waals surface area contributed by atoms with E-state index in [0.29, 0.717) is 18.6 Å². The van der Waals surface area contributed by atoms with Crippen LogP contribution in [0.4, 0.5) is 0 Å². The number of hydrogen-bond acceptors (Lipinski definition) is 2. The fourth-order valence-electron chi connectivity index (χ4n) is 3.00. The lowest BCUT2D eigenvalue weighted by atomic mass is 9.87. The molecule has 1 heterocycles. The molecule has 0 amide bonds. The van der Waals surface area contributed by atoms with Crippen LogP contribution in [0.15, 0.2) is 24.3 Å². The molecule has 1 aliphatic rings. The molecule has 2 heteroatoms. The molecule has 0 bridgehead atoms. The number of benzene rings is 1. The molecule has 0 saturated carbocycles. The molecular formula is C16H25NO. The van der Waals surface area contributed by atoms with Crippen molar-refractivity contribution < 1.29 is 4.74 Å². The number of ether oxygens (including phenoxy) is 1. The summed E-state index contributed by atoms with van der Waals surface area (Å²) in [6.45, 7) is 6.47. The molecule has 100 valence electrons. The molecule has 1 aromatic carbocycles. The predicted molar refractivity (Wildman–Crippen MR) is 75.8 cm³/mol. The number of hydrogen-bond donors (Lipinski definition) is 1. The maximum atomic E-state index is 5.22. The van der Waals surface area contributed by atoms with Crippen LogP contribution >= 0.6 is 0 Å². The zero-order valence-electron chi connectivity index (χ0n) is 11.8. The zero-order valence-corrected chi connectivity index (χ0v) is 11.8. The molecule has 1 aliphatic heterocycles. The van der Waals surface area contributed by atoms with Gasteiger partial charge in [-0.3, -0.25) is 0 Å². The molecule has 0 radical (unpaired) electrons. The average Bonchev–Trinajstić information content (AvgIpc) is 2.77. The van der Waals surface area contributed by atoms with Gasteiger partial charge in [0.1, 0.15) is 0 Å². The van der Waals surface area contributed by atoms with E-state index in [0.717, 1.165) is 12.5 Å². The lowest BCUT2D eigenvalue weighted by Crippen LogP contribution is -2.27. The Bertz CT molecular complexity index is 375. The lowest BCUT2D eigenvalue weighted by molar-refractivity contribution is 0.185. The Kier molecular flexibility index (Phi) is 4.79. The van der Waals surface area contributed by atoms with Crippen LogP contribution in [0.25, 0.3) is 0 Å². The van der Waals surface area contributed by atoms with E-state index >= 15 is 0 Å². The summed E-state index contributed by atoms with van der Waals surface area (Å²) in [7, 11) is 1.76. The van der Waals surface area contributed by atoms with Crippen molar-refractivity contribution in [2.75, 3.05) is 13.7 Å². The normalized spacial score (nSPS) is 23.8. The highest BCUT2D eigenvalue weighted by Gasteiger charge is 2.28. The maximum Gasteiger partial charge on any atom is 0.0713 e. The zero-order chi connectivity index (χ0) is 13.0. The quantitative estimate of drug-likeness (QED) is 0.862. The Morgan fingerprint density at radius 3 is 2.94 bits per heavy atom. The standard InChI is InChI=1S/C16H25NO/c1-12(2)9-16-15(7-8-17-16)14-6-4-5-13(10-14)11-18-3/h4-6,10,12,15-17H,7-9,11H2,1-3H3. The summed E-state index contributed by atoms with van der Waals surface area (Å²) < 4.78 is 5.22. The minimum absolute atomic E-state index is 0.641. The van der Waals surface area contributed by atoms with Crippen molar-refractivity contribution in [2.24, 2.45) is 5.92 Å². The smallest absolute Gasteiger partial charge is 0.0713 e. The Morgan fingerprint density at radius 2 is 2.22 bits per heavy atom. The van der Waals surface area contributed by atoms with E-state index in [1.807, 2.05) is 0 Å². The second-order valence-electron chi connectivity index (χ2n) is 5.76.